The Morgan fingerprint density at radius 2 is 1.67 bits per heavy atom. The molecule has 0 radical (unpaired) electrons. The van der Waals surface area contributed by atoms with E-state index in [0.29, 0.717) is 11.1 Å². The van der Waals surface area contributed by atoms with Crippen molar-refractivity contribution in [1.82, 2.24) is 19.9 Å². The first kappa shape index (κ1) is 22.0. The Kier molecular flexibility index (Phi) is 5.84. The number of nitrogens with one attached hydrogen (secondary N) is 3. The van der Waals surface area contributed by atoms with Gasteiger partial charge in [0, 0.05) is 23.5 Å². The molecule has 0 fully saturated rings. The van der Waals surface area contributed by atoms with Gasteiger partial charge >= 0.3 is 11.7 Å². The molecule has 2 aromatic heterocycles. The second-order valence-corrected chi connectivity index (χ2v) is 7.80. The Labute approximate surface area is 186 Å². The first-order chi connectivity index (χ1) is 15.8. The van der Waals surface area contributed by atoms with E-state index in [2.05, 4.69) is 15.3 Å². The van der Waals surface area contributed by atoms with Gasteiger partial charge < -0.3 is 25.5 Å². The lowest BCUT2D eigenvalue weighted by Gasteiger charge is -2.23. The summed E-state index contributed by atoms with van der Waals surface area (Å²) in [5.74, 6) is -2.32. The summed E-state index contributed by atoms with van der Waals surface area (Å²) >= 11 is 0. The average molecular weight is 450 g/mol. The molecule has 0 aliphatic carbocycles. The van der Waals surface area contributed by atoms with Crippen LogP contribution in [0.2, 0.25) is 0 Å². The van der Waals surface area contributed by atoms with Crippen molar-refractivity contribution in [2.24, 2.45) is 0 Å². The number of carbonyl (C=O) groups is 2. The molecule has 0 spiro atoms. The molecule has 2 aromatic carbocycles. The highest BCUT2D eigenvalue weighted by atomic mass is 16.4. The van der Waals surface area contributed by atoms with Crippen molar-refractivity contribution < 1.29 is 19.8 Å². The topological polar surface area (TPSA) is 157 Å². The summed E-state index contributed by atoms with van der Waals surface area (Å²) in [6, 6.07) is 10.8. The third-order valence-electron chi connectivity index (χ3n) is 5.59. The van der Waals surface area contributed by atoms with E-state index in [1.165, 1.54) is 13.0 Å². The number of hydrogen-bond donors (Lipinski definition) is 5. The number of carbonyl (C=O) groups excluding carboxylic acids is 1. The van der Waals surface area contributed by atoms with Gasteiger partial charge in [-0.2, -0.15) is 0 Å². The summed E-state index contributed by atoms with van der Waals surface area (Å²) in [6.45, 7) is 1.22. The van der Waals surface area contributed by atoms with Gasteiger partial charge in [-0.25, -0.2) is 14.2 Å². The minimum Gasteiger partial charge on any atom is -0.480 e. The number of para-hydroxylation sites is 2. The fraction of sp³-hybridized carbons (Fsp3) is 0.217. The zero-order valence-corrected chi connectivity index (χ0v) is 17.6. The van der Waals surface area contributed by atoms with E-state index in [1.54, 1.807) is 24.4 Å². The van der Waals surface area contributed by atoms with Gasteiger partial charge in [-0.1, -0.05) is 30.3 Å². The van der Waals surface area contributed by atoms with Crippen molar-refractivity contribution in [3.63, 3.8) is 0 Å². The maximum Gasteiger partial charge on any atom is 0.329 e. The fourth-order valence-electron chi connectivity index (χ4n) is 3.91. The van der Waals surface area contributed by atoms with Crippen molar-refractivity contribution in [2.75, 3.05) is 0 Å². The fourth-order valence-corrected chi connectivity index (χ4v) is 3.91. The highest BCUT2D eigenvalue weighted by molar-refractivity contribution is 5.88. The van der Waals surface area contributed by atoms with Gasteiger partial charge in [0.15, 0.2) is 6.04 Å². The van der Waals surface area contributed by atoms with Gasteiger partial charge in [0.05, 0.1) is 17.0 Å². The second-order valence-electron chi connectivity index (χ2n) is 7.80. The molecule has 0 saturated carbocycles. The zero-order chi connectivity index (χ0) is 23.7. The predicted molar refractivity (Wildman–Crippen MR) is 121 cm³/mol. The maximum atomic E-state index is 13.3. The van der Waals surface area contributed by atoms with E-state index in [-0.39, 0.29) is 11.8 Å². The van der Waals surface area contributed by atoms with E-state index in [0.717, 1.165) is 15.5 Å². The molecule has 170 valence electrons. The molecular weight excluding hydrogens is 428 g/mol. The molecule has 10 nitrogen and oxygen atoms in total. The van der Waals surface area contributed by atoms with Crippen LogP contribution in [-0.2, 0) is 16.0 Å². The number of carboxylic acids is 1. The summed E-state index contributed by atoms with van der Waals surface area (Å²) in [6.07, 6.45) is 0.213. The summed E-state index contributed by atoms with van der Waals surface area (Å²) in [5.41, 5.74) is 0.302. The summed E-state index contributed by atoms with van der Waals surface area (Å²) < 4.78 is 0.792. The number of aliphatic carboxylic acids is 1. The van der Waals surface area contributed by atoms with Crippen LogP contribution in [0.5, 0.6) is 0 Å². The van der Waals surface area contributed by atoms with Gasteiger partial charge in [0.2, 0.25) is 5.91 Å². The maximum absolute atomic E-state index is 13.3. The smallest absolute Gasteiger partial charge is 0.329 e. The first-order valence-corrected chi connectivity index (χ1v) is 10.3. The molecule has 5 N–H and O–H groups in total. The second kappa shape index (κ2) is 8.75. The van der Waals surface area contributed by atoms with Crippen LogP contribution >= 0.6 is 0 Å². The lowest BCUT2D eigenvalue weighted by Crippen LogP contribution is -2.52. The molecule has 0 unspecified atom stereocenters. The molecule has 4 aromatic rings. The highest BCUT2D eigenvalue weighted by Gasteiger charge is 2.32. The van der Waals surface area contributed by atoms with Crippen LogP contribution in [0.4, 0.5) is 0 Å². The van der Waals surface area contributed by atoms with E-state index in [9.17, 15) is 29.4 Å². The largest absolute Gasteiger partial charge is 0.480 e. The van der Waals surface area contributed by atoms with Gasteiger partial charge in [-0.3, -0.25) is 9.59 Å². The minimum atomic E-state index is -1.61. The Morgan fingerprint density at radius 1 is 1.03 bits per heavy atom. The van der Waals surface area contributed by atoms with Crippen LogP contribution in [0.25, 0.3) is 21.8 Å². The van der Waals surface area contributed by atoms with E-state index >= 15 is 0 Å². The van der Waals surface area contributed by atoms with Crippen molar-refractivity contribution in [2.45, 2.75) is 31.5 Å². The van der Waals surface area contributed by atoms with Crippen LogP contribution in [0.1, 0.15) is 18.5 Å². The number of nitrogens with zero attached hydrogens (tertiary/aromatic N) is 1. The van der Waals surface area contributed by atoms with Crippen LogP contribution in [0.3, 0.4) is 0 Å². The number of carboxylic acid groups (broad SMARTS) is 1. The normalized spacial score (nSPS) is 14.1. The third kappa shape index (κ3) is 4.15. The number of fused-ring (bicyclic) bond motifs is 2. The standard InChI is InChI=1S/C23H22N4O6/c1-12(28)19(22(31)32)26-20(29)18(10-13-11-24-16-8-4-2-6-14(13)16)27-21(30)15-7-3-5-9-17(15)25-23(27)33/h2-9,11-12,18-19,24,28H,10H2,1H3,(H,25,33)(H,26,29)(H,31,32)/t12-,18+,19-/m0/s1. The molecule has 0 bridgehead atoms. The summed E-state index contributed by atoms with van der Waals surface area (Å²) in [7, 11) is 0. The summed E-state index contributed by atoms with van der Waals surface area (Å²) in [5, 5.41) is 22.4. The number of hydrogen-bond acceptors (Lipinski definition) is 5. The van der Waals surface area contributed by atoms with Crippen LogP contribution in [0, 0.1) is 0 Å². The highest BCUT2D eigenvalue weighted by Crippen LogP contribution is 2.22. The number of H-pyrrole nitrogens is 2. The molecular formula is C23H22N4O6. The van der Waals surface area contributed by atoms with E-state index in [4.69, 9.17) is 0 Å². The van der Waals surface area contributed by atoms with Crippen molar-refractivity contribution >= 4 is 33.7 Å². The molecule has 1 amide bonds. The van der Waals surface area contributed by atoms with Crippen LogP contribution < -0.4 is 16.6 Å². The lowest BCUT2D eigenvalue weighted by atomic mass is 10.0. The molecule has 33 heavy (non-hydrogen) atoms. The number of benzene rings is 2. The third-order valence-corrected chi connectivity index (χ3v) is 5.59. The van der Waals surface area contributed by atoms with Crippen molar-refractivity contribution in [1.29, 1.82) is 0 Å². The molecule has 0 aliphatic heterocycles. The van der Waals surface area contributed by atoms with Gasteiger partial charge in [-0.05, 0) is 30.7 Å². The first-order valence-electron chi connectivity index (χ1n) is 10.3. The molecule has 4 rings (SSSR count). The number of aliphatic hydroxyl groups excluding tert-OH is 1. The number of aliphatic hydroxyl groups is 1. The number of rotatable bonds is 7. The summed E-state index contributed by atoms with van der Waals surface area (Å²) in [4.78, 5) is 56.6. The van der Waals surface area contributed by atoms with Gasteiger partial charge in [-0.15, -0.1) is 0 Å². The van der Waals surface area contributed by atoms with Crippen molar-refractivity contribution in [3.8, 4) is 0 Å². The van der Waals surface area contributed by atoms with Gasteiger partial charge in [0.1, 0.15) is 6.04 Å². The Morgan fingerprint density at radius 3 is 2.33 bits per heavy atom. The SMILES string of the molecule is C[C@H](O)[C@H](NC(=O)[C@@H](Cc1c[nH]c2ccccc12)n1c(=O)[nH]c2ccccc2c1=O)C(=O)O. The van der Waals surface area contributed by atoms with E-state index < -0.39 is 41.3 Å². The number of amides is 1. The van der Waals surface area contributed by atoms with Crippen LogP contribution in [0.15, 0.2) is 64.3 Å². The Balaban J connectivity index is 1.85. The molecule has 0 aliphatic rings. The molecule has 10 heteroatoms. The van der Waals surface area contributed by atoms with Gasteiger partial charge in [0.25, 0.3) is 5.56 Å². The minimum absolute atomic E-state index is 0.0661. The van der Waals surface area contributed by atoms with Crippen molar-refractivity contribution in [3.05, 3.63) is 81.1 Å². The number of aromatic amines is 2. The molecule has 0 saturated heterocycles. The Hall–Kier alpha value is -4.18. The quantitative estimate of drug-likeness (QED) is 0.282. The average Bonchev–Trinajstić information content (AvgIpc) is 3.19. The molecule has 3 atom stereocenters. The van der Waals surface area contributed by atoms with E-state index in [1.807, 2.05) is 24.3 Å². The molecule has 2 heterocycles. The predicted octanol–water partition coefficient (Wildman–Crippen LogP) is 0.905. The zero-order valence-electron chi connectivity index (χ0n) is 17.6. The van der Waals surface area contributed by atoms with Crippen LogP contribution in [-0.4, -0.2) is 48.8 Å². The number of aromatic nitrogens is 3. The Bertz CT molecular complexity index is 1470. The monoisotopic (exact) mass is 450 g/mol. The lowest BCUT2D eigenvalue weighted by molar-refractivity contribution is -0.145.